The molecule has 5 unspecified atom stereocenters. The smallest absolute Gasteiger partial charge is 0.408 e. The molecule has 0 bridgehead atoms. The first kappa shape index (κ1) is 94.3. The molecule has 11 atom stereocenters. The molecule has 653 valence electrons. The zero-order chi connectivity index (χ0) is 88.6. The van der Waals surface area contributed by atoms with Crippen molar-refractivity contribution >= 4 is 114 Å². The van der Waals surface area contributed by atoms with Crippen molar-refractivity contribution in [3.63, 3.8) is 0 Å². The minimum absolute atomic E-state index is 0. The average Bonchev–Trinajstić information content (AvgIpc) is 1.56. The van der Waals surface area contributed by atoms with Crippen LogP contribution in [0.5, 0.6) is 23.0 Å². The van der Waals surface area contributed by atoms with Crippen LogP contribution in [0.25, 0.3) is 44.3 Å². The Morgan fingerprint density at radius 1 is 0.561 bits per heavy atom. The van der Waals surface area contributed by atoms with Gasteiger partial charge < -0.3 is 78.7 Å². The molecule has 0 spiro atoms. The van der Waals surface area contributed by atoms with Crippen LogP contribution in [0.4, 0.5) is 9.59 Å². The standard InChI is InChI=1S/C46H55N4O9P.C38H47N4O9P.C8H9Br.Al.BH.2H/c1-6-32-28-46(32,60(54,55)57-24-23-30-15-9-7-10-16-30)49-42(51)39-26-35(29-50(39)43(52)41(45(2,3)4)48-44(53)59-33-19-13-14-20-33)58-40-27-37(31-17-11-8-12-18-31)47-38-25-34(56-5)21-22-36(38)40;1-6-24-21-38(24,52(46,47)48)41-34(43)31-19-27(22-42(31)35(44)33(37(2,3)4)40-36(45)51-25-14-10-11-15-25)50-32-20-29(23-12-8-7-9-13-23)39-30-18-26(49-5)16-17-28(30)32;9-7-6-8-4-2-1-3-5-8;;;;/h6-12,15-18,21-22,25,27,32-33,35,39,41H,1,13-14,19-20,23-24,26,28-29H2,2-5H3,(H,48,53)(H,49,51)(H,54,55);6-9,12-13,16-18,20,24-25,27,31,33H,1,10-11,14-15,19,21-22H2,2-5H3,(H,40,45)(H,41,43)(H2,46,47,48);1-5H,6-7H2;;1H;;/t32?,35-,39+,41-,46?;24?,27-,31+,33-,38?;;;;;/m11...../s1/i;;;;1T;;. The van der Waals surface area contributed by atoms with Crippen LogP contribution in [0.15, 0.2) is 195 Å². The lowest BCUT2D eigenvalue weighted by molar-refractivity contribution is -0.142. The maximum atomic E-state index is 14.8. The van der Waals surface area contributed by atoms with Crippen LogP contribution < -0.4 is 40.2 Å². The van der Waals surface area contributed by atoms with E-state index in [1.54, 1.807) is 47.1 Å². The van der Waals surface area contributed by atoms with Crippen LogP contribution in [0, 0.1) is 22.7 Å². The number of nitrogens with one attached hydrogen (secondary N) is 4. The van der Waals surface area contributed by atoms with Gasteiger partial charge in [0.15, 0.2) is 0 Å². The fourth-order valence-corrected chi connectivity index (χ4v) is 19.7. The van der Waals surface area contributed by atoms with Crippen LogP contribution in [0.1, 0.15) is 130 Å². The Hall–Kier alpha value is -9.38. The molecule has 123 heavy (non-hydrogen) atoms. The van der Waals surface area contributed by atoms with Gasteiger partial charge in [-0.3, -0.25) is 28.3 Å². The van der Waals surface area contributed by atoms with E-state index in [1.807, 2.05) is 154 Å². The van der Waals surface area contributed by atoms with Gasteiger partial charge >= 0.3 is 27.4 Å². The van der Waals surface area contributed by atoms with E-state index >= 15 is 0 Å². The fourth-order valence-electron chi connectivity index (χ4n) is 16.3. The van der Waals surface area contributed by atoms with Gasteiger partial charge in [0.1, 0.15) is 99.5 Å². The number of halogens is 1. The number of benzene rings is 6. The average molecular weight is 1800 g/mol. The fraction of sp³-hybridized carbons (Fsp3) is 0.435. The number of alkyl carbamates (subject to hydrolysis) is 2. The molecule has 7 N–H and O–H groups in total. The number of ether oxygens (including phenoxy) is 6. The van der Waals surface area contributed by atoms with E-state index in [1.165, 1.54) is 27.5 Å². The number of carbonyl (C=O) groups is 6. The molecular formula is C92H114AlBBrN8O18P2. The van der Waals surface area contributed by atoms with E-state index in [0.29, 0.717) is 62.6 Å². The summed E-state index contributed by atoms with van der Waals surface area (Å²) < 4.78 is 73.3. The molecule has 4 saturated carbocycles. The zero-order valence-electron chi connectivity index (χ0n) is 72.3. The lowest BCUT2D eigenvalue weighted by atomic mass is 9.85. The molecule has 31 heteroatoms. The highest BCUT2D eigenvalue weighted by atomic mass is 79.9. The summed E-state index contributed by atoms with van der Waals surface area (Å²) in [6, 6.07) is 49.2. The Kier molecular flexibility index (Phi) is 31.9. The van der Waals surface area contributed by atoms with Crippen molar-refractivity contribution in [2.45, 2.75) is 191 Å². The number of amides is 6. The number of nitrogens with zero attached hydrogens (tertiary/aromatic N) is 4. The van der Waals surface area contributed by atoms with Gasteiger partial charge in [-0.2, -0.15) is 0 Å². The van der Waals surface area contributed by atoms with Gasteiger partial charge in [0.25, 0.3) is 0 Å². The SMILES string of the molecule is BrCCc1ccccc1.C=CC1CC1(NC(=O)[C@@H]1C[C@@H](Oc2cc(-c3ccccc3)nc3cc(OC)ccc23)CN1C(=O)[C@@H](NC(=O)OC1CCCC1)C(C)(C)C)P(=O)(O)O.C=CC1CC1(NC(=O)[C@@H]1C[C@@H](Oc2cc(-c3ccccc3)nc3cc(OC)ccc23)CN1C(=O)[C@@H](NC(=O)OC1CCCC1)C(C)(C)C)P(=O)(O)OCCc1ccccc1.[3H][B].[AlH2]. The topological polar surface area (TPSA) is 342 Å². The number of aryl methyl sites for hydroxylation is 1. The molecule has 6 aliphatic rings. The number of alkyl halides is 1. The Morgan fingerprint density at radius 2 is 0.935 bits per heavy atom. The second-order valence-corrected chi connectivity index (χ2v) is 38.7. The van der Waals surface area contributed by atoms with Crippen molar-refractivity contribution in [3.05, 3.63) is 206 Å². The Labute approximate surface area is 742 Å². The van der Waals surface area contributed by atoms with Crippen LogP contribution in [-0.4, -0.2) is 196 Å². The summed E-state index contributed by atoms with van der Waals surface area (Å²) in [5.41, 5.74) is 4.99. The molecule has 2 aromatic heterocycles. The predicted molar refractivity (Wildman–Crippen MR) is 483 cm³/mol. The molecule has 2 aliphatic heterocycles. The van der Waals surface area contributed by atoms with Gasteiger partial charge in [0.2, 0.25) is 23.6 Å². The van der Waals surface area contributed by atoms with Crippen molar-refractivity contribution in [1.82, 2.24) is 41.0 Å². The third-order valence-corrected chi connectivity index (χ3v) is 27.5. The number of aromatic nitrogens is 2. The van der Waals surface area contributed by atoms with Gasteiger partial charge in [-0.25, -0.2) is 19.6 Å². The lowest BCUT2D eigenvalue weighted by Crippen LogP contribution is -2.58. The summed E-state index contributed by atoms with van der Waals surface area (Å²) in [5, 5.41) is 10.1. The molecule has 26 nitrogen and oxygen atoms in total. The molecule has 4 heterocycles. The highest BCUT2D eigenvalue weighted by Gasteiger charge is 2.68. The summed E-state index contributed by atoms with van der Waals surface area (Å²) in [6.07, 6.45) is 8.25. The van der Waals surface area contributed by atoms with Crippen LogP contribution in [0.3, 0.4) is 0 Å². The molecule has 6 amide bonds. The van der Waals surface area contributed by atoms with E-state index in [2.05, 4.69) is 83.0 Å². The number of methoxy groups -OCH3 is 2. The number of likely N-dealkylation sites (tertiary alicyclic amines) is 2. The number of carbonyl (C=O) groups excluding carboxylic acids is 6. The maximum absolute atomic E-state index is 14.8. The van der Waals surface area contributed by atoms with Crippen LogP contribution in [0.2, 0.25) is 0 Å². The van der Waals surface area contributed by atoms with E-state index in [9.17, 15) is 52.6 Å². The maximum Gasteiger partial charge on any atom is 0.408 e. The second-order valence-electron chi connectivity index (χ2n) is 34.0. The molecule has 3 radical (unpaired) electrons. The first-order valence-corrected chi connectivity index (χ1v) is 45.6. The molecule has 8 aromatic rings. The Morgan fingerprint density at radius 3 is 1.29 bits per heavy atom. The summed E-state index contributed by atoms with van der Waals surface area (Å²) in [4.78, 5) is 129. The zero-order valence-corrected chi connectivity index (χ0v) is 76.7. The Balaban J connectivity index is 0.000000231. The quantitative estimate of drug-likeness (QED) is 0.0104. The van der Waals surface area contributed by atoms with E-state index in [4.69, 9.17) is 44.2 Å². The normalized spacial score (nSPS) is 22.1. The molecule has 6 aromatic carbocycles. The van der Waals surface area contributed by atoms with Crippen molar-refractivity contribution < 1.29 is 85.5 Å². The molecule has 4 aliphatic carbocycles. The largest absolute Gasteiger partial charge is 0.497 e. The molecule has 14 rings (SSSR count). The van der Waals surface area contributed by atoms with Crippen molar-refractivity contribution in [2.75, 3.05) is 39.2 Å². The van der Waals surface area contributed by atoms with Crippen molar-refractivity contribution in [2.24, 2.45) is 22.7 Å². The van der Waals surface area contributed by atoms with Gasteiger partial charge in [0, 0.05) is 84.5 Å². The van der Waals surface area contributed by atoms with E-state index in [-0.39, 0.29) is 74.9 Å². The number of pyridine rings is 2. The van der Waals surface area contributed by atoms with Crippen molar-refractivity contribution in [3.8, 4) is 45.5 Å². The second kappa shape index (κ2) is 41.6. The van der Waals surface area contributed by atoms with Crippen LogP contribution in [-0.2, 0) is 55.1 Å². The number of hydrogen-bond acceptors (Lipinski definition) is 17. The number of rotatable bonds is 28. The highest BCUT2D eigenvalue weighted by molar-refractivity contribution is 9.09. The van der Waals surface area contributed by atoms with Crippen molar-refractivity contribution in [1.29, 1.82) is 1.34 Å². The third kappa shape index (κ3) is 23.4. The number of fused-ring (bicyclic) bond motifs is 2. The summed E-state index contributed by atoms with van der Waals surface area (Å²) in [7, 11) is -2.39. The lowest BCUT2D eigenvalue weighted by Gasteiger charge is -2.35. The first-order valence-electron chi connectivity index (χ1n) is 41.9. The van der Waals surface area contributed by atoms with Gasteiger partial charge in [-0.15, -0.1) is 13.2 Å². The molecule has 6 fully saturated rings. The van der Waals surface area contributed by atoms with Gasteiger partial charge in [-0.1, -0.05) is 191 Å². The monoisotopic (exact) mass is 1800 g/mol. The summed E-state index contributed by atoms with van der Waals surface area (Å²) in [5.74, 6) is -1.44. The summed E-state index contributed by atoms with van der Waals surface area (Å²) >= 11 is 3.39. The minimum atomic E-state index is -4.81. The first-order chi connectivity index (χ1) is 58.8. The predicted octanol–water partition coefficient (Wildman–Crippen LogP) is 14.4. The van der Waals surface area contributed by atoms with Gasteiger partial charge in [0.05, 0.1) is 56.3 Å². The van der Waals surface area contributed by atoms with E-state index in [0.717, 1.165) is 79.8 Å². The minimum Gasteiger partial charge on any atom is -0.497 e. The Bertz CT molecular complexity index is 5130. The molecule has 2 saturated heterocycles. The summed E-state index contributed by atoms with van der Waals surface area (Å²) in [6.45, 7) is 18.3. The third-order valence-electron chi connectivity index (χ3n) is 23.3. The van der Waals surface area contributed by atoms with E-state index < -0.39 is 121 Å². The number of hydrogen-bond donors (Lipinski definition) is 7. The van der Waals surface area contributed by atoms with Gasteiger partial charge in [-0.05, 0) is 125 Å². The molecular weight excluding hydrogens is 1680 g/mol. The highest BCUT2D eigenvalue weighted by Crippen LogP contribution is 2.70. The van der Waals surface area contributed by atoms with Crippen LogP contribution >= 0.6 is 31.1 Å².